The van der Waals surface area contributed by atoms with E-state index in [-0.39, 0.29) is 6.61 Å². The molecule has 27 heavy (non-hydrogen) atoms. The Morgan fingerprint density at radius 3 is 1.56 bits per heavy atom. The van der Waals surface area contributed by atoms with E-state index in [9.17, 15) is 5.26 Å². The van der Waals surface area contributed by atoms with Crippen LogP contribution in [0.3, 0.4) is 0 Å². The van der Waals surface area contributed by atoms with Gasteiger partial charge >= 0.3 is 0 Å². The molecule has 3 aromatic carbocycles. The molecule has 0 unspecified atom stereocenters. The molecule has 0 bridgehead atoms. The van der Waals surface area contributed by atoms with Crippen LogP contribution in [0.4, 0.5) is 0 Å². The van der Waals surface area contributed by atoms with Crippen LogP contribution in [0.2, 0.25) is 0 Å². The molecule has 0 radical (unpaired) electrons. The number of benzene rings is 3. The van der Waals surface area contributed by atoms with Crippen LogP contribution in [0.5, 0.6) is 0 Å². The lowest BCUT2D eigenvalue weighted by Gasteiger charge is -2.26. The molecule has 3 rings (SSSR count). The Labute approximate surface area is 161 Å². The normalized spacial score (nSPS) is 11.6. The van der Waals surface area contributed by atoms with E-state index >= 15 is 0 Å². The van der Waals surface area contributed by atoms with Crippen molar-refractivity contribution in [1.29, 1.82) is 5.26 Å². The number of nitriles is 1. The Hall–Kier alpha value is -2.92. The number of hydrogen-bond acceptors (Lipinski definition) is 3. The molecule has 0 atom stereocenters. The van der Waals surface area contributed by atoms with Gasteiger partial charge in [-0.3, -0.25) is 0 Å². The Morgan fingerprint density at radius 1 is 0.815 bits per heavy atom. The molecule has 0 aliphatic rings. The van der Waals surface area contributed by atoms with Gasteiger partial charge in [0.05, 0.1) is 12.8 Å². The van der Waals surface area contributed by atoms with Crippen LogP contribution < -0.4 is 21.2 Å². The average molecular weight is 373 g/mol. The van der Waals surface area contributed by atoms with E-state index in [1.54, 1.807) is 6.20 Å². The summed E-state index contributed by atoms with van der Waals surface area (Å²) in [4.78, 5) is 0. The Balaban J connectivity index is 2.36. The fourth-order valence-electron chi connectivity index (χ4n) is 3.26. The highest BCUT2D eigenvalue weighted by Crippen LogP contribution is 2.61. The molecule has 0 spiro atoms. The van der Waals surface area contributed by atoms with Gasteiger partial charge in [-0.2, -0.15) is 5.26 Å². The van der Waals surface area contributed by atoms with Gasteiger partial charge in [0, 0.05) is 6.54 Å². The SMILES string of the molecule is N#CC(=CNCCO)[P+](c1ccccc1)(c1ccccc1)c1ccccc1. The zero-order chi connectivity index (χ0) is 19.0. The van der Waals surface area contributed by atoms with Crippen molar-refractivity contribution < 1.29 is 5.11 Å². The van der Waals surface area contributed by atoms with E-state index in [0.717, 1.165) is 15.9 Å². The zero-order valence-corrected chi connectivity index (χ0v) is 15.9. The van der Waals surface area contributed by atoms with Crippen molar-refractivity contribution in [3.63, 3.8) is 0 Å². The van der Waals surface area contributed by atoms with Crippen LogP contribution in [-0.4, -0.2) is 18.3 Å². The third-order valence-corrected chi connectivity index (χ3v) is 8.57. The lowest BCUT2D eigenvalue weighted by molar-refractivity contribution is 0.298. The molecule has 0 fully saturated rings. The maximum atomic E-state index is 10.2. The summed E-state index contributed by atoms with van der Waals surface area (Å²) >= 11 is 0. The van der Waals surface area contributed by atoms with Crippen molar-refractivity contribution in [2.24, 2.45) is 0 Å². The van der Waals surface area contributed by atoms with Crippen LogP contribution >= 0.6 is 7.26 Å². The summed E-state index contributed by atoms with van der Waals surface area (Å²) in [6.45, 7) is 0.423. The number of nitrogens with one attached hydrogen (secondary N) is 1. The molecule has 0 aromatic heterocycles. The molecule has 3 aromatic rings. The molecule has 4 heteroatoms. The predicted molar refractivity (Wildman–Crippen MR) is 114 cm³/mol. The van der Waals surface area contributed by atoms with Gasteiger partial charge < -0.3 is 10.4 Å². The van der Waals surface area contributed by atoms with Crippen molar-refractivity contribution in [1.82, 2.24) is 5.32 Å². The summed E-state index contributed by atoms with van der Waals surface area (Å²) in [6.07, 6.45) is 1.77. The summed E-state index contributed by atoms with van der Waals surface area (Å²) in [5, 5.41) is 26.4. The van der Waals surface area contributed by atoms with E-state index < -0.39 is 7.26 Å². The predicted octanol–water partition coefficient (Wildman–Crippen LogP) is 2.93. The fraction of sp³-hybridized carbons (Fsp3) is 0.0870. The number of aliphatic hydroxyl groups is 1. The molecule has 2 N–H and O–H groups in total. The first-order chi connectivity index (χ1) is 13.3. The third-order valence-electron chi connectivity index (χ3n) is 4.40. The fourth-order valence-corrected chi connectivity index (χ4v) is 7.28. The van der Waals surface area contributed by atoms with Crippen molar-refractivity contribution in [3.8, 4) is 6.07 Å². The van der Waals surface area contributed by atoms with Crippen molar-refractivity contribution in [2.75, 3.05) is 13.2 Å². The molecule has 0 saturated carbocycles. The Bertz CT molecular complexity index is 822. The second kappa shape index (κ2) is 9.14. The van der Waals surface area contributed by atoms with E-state index in [0.29, 0.717) is 11.9 Å². The van der Waals surface area contributed by atoms with Gasteiger partial charge in [0.25, 0.3) is 0 Å². The van der Waals surface area contributed by atoms with Crippen molar-refractivity contribution >= 4 is 23.2 Å². The minimum atomic E-state index is -2.35. The summed E-state index contributed by atoms with van der Waals surface area (Å²) in [5.41, 5.74) is 0. The van der Waals surface area contributed by atoms with Crippen LogP contribution in [0, 0.1) is 11.3 Å². The van der Waals surface area contributed by atoms with Gasteiger partial charge in [-0.1, -0.05) is 54.6 Å². The van der Waals surface area contributed by atoms with Gasteiger partial charge in [0.2, 0.25) is 5.31 Å². The first-order valence-electron chi connectivity index (χ1n) is 8.85. The summed E-state index contributed by atoms with van der Waals surface area (Å²) < 4.78 is 0. The molecule has 0 saturated heterocycles. The van der Waals surface area contributed by atoms with Gasteiger partial charge in [-0.15, -0.1) is 0 Å². The van der Waals surface area contributed by atoms with Gasteiger partial charge in [0.1, 0.15) is 22.0 Å². The van der Waals surface area contributed by atoms with Crippen LogP contribution in [-0.2, 0) is 0 Å². The summed E-state index contributed by atoms with van der Waals surface area (Å²) in [6, 6.07) is 33.2. The van der Waals surface area contributed by atoms with E-state index in [1.165, 1.54) is 0 Å². The smallest absolute Gasteiger partial charge is 0.201 e. The summed E-state index contributed by atoms with van der Waals surface area (Å²) in [7, 11) is -2.35. The molecule has 0 aliphatic carbocycles. The average Bonchev–Trinajstić information content (AvgIpc) is 2.75. The van der Waals surface area contributed by atoms with Crippen molar-refractivity contribution in [2.45, 2.75) is 0 Å². The number of allylic oxidation sites excluding steroid dienone is 1. The Morgan fingerprint density at radius 2 is 1.22 bits per heavy atom. The maximum absolute atomic E-state index is 10.2. The zero-order valence-electron chi connectivity index (χ0n) is 15.0. The highest BCUT2D eigenvalue weighted by Gasteiger charge is 2.50. The second-order valence-corrected chi connectivity index (χ2v) is 9.37. The van der Waals surface area contributed by atoms with Gasteiger partial charge in [-0.05, 0) is 36.4 Å². The molecular formula is C23H22N2OP+. The minimum Gasteiger partial charge on any atom is -0.395 e. The van der Waals surface area contributed by atoms with Gasteiger partial charge in [0.15, 0.2) is 7.26 Å². The quantitative estimate of drug-likeness (QED) is 0.380. The van der Waals surface area contributed by atoms with Crippen molar-refractivity contribution in [3.05, 3.63) is 103 Å². The highest BCUT2D eigenvalue weighted by molar-refractivity contribution is 7.99. The van der Waals surface area contributed by atoms with Gasteiger partial charge in [-0.25, -0.2) is 0 Å². The Kier molecular flexibility index (Phi) is 6.39. The molecular weight excluding hydrogens is 351 g/mol. The van der Waals surface area contributed by atoms with E-state index in [4.69, 9.17) is 5.11 Å². The van der Waals surface area contributed by atoms with E-state index in [2.05, 4.69) is 47.8 Å². The lowest BCUT2D eigenvalue weighted by atomic mass is 10.4. The number of rotatable bonds is 7. The standard InChI is InChI=1S/C23H22N2OP/c24-18-23(19-25-16-17-26)27(20-10-4-1-5-11-20,21-12-6-2-7-13-21)22-14-8-3-9-15-22/h1-15,19,25-26H,16-17H2/q+1. The molecule has 0 heterocycles. The van der Waals surface area contributed by atoms with Crippen LogP contribution in [0.1, 0.15) is 0 Å². The minimum absolute atomic E-state index is 0.0165. The maximum Gasteiger partial charge on any atom is 0.201 e. The largest absolute Gasteiger partial charge is 0.395 e. The first-order valence-corrected chi connectivity index (χ1v) is 10.6. The van der Waals surface area contributed by atoms with Crippen LogP contribution in [0.25, 0.3) is 0 Å². The highest BCUT2D eigenvalue weighted by atomic mass is 31.2. The second-order valence-electron chi connectivity index (χ2n) is 6.00. The molecule has 0 amide bonds. The summed E-state index contributed by atoms with van der Waals surface area (Å²) in [5.74, 6) is 0. The lowest BCUT2D eigenvalue weighted by Crippen LogP contribution is -2.32. The first kappa shape index (κ1) is 18.9. The number of nitrogens with zero attached hydrogens (tertiary/aromatic N) is 1. The topological polar surface area (TPSA) is 56.0 Å². The third kappa shape index (κ3) is 3.78. The number of hydrogen-bond donors (Lipinski definition) is 2. The molecule has 134 valence electrons. The molecule has 0 aliphatic heterocycles. The van der Waals surface area contributed by atoms with E-state index in [1.807, 2.05) is 54.6 Å². The monoisotopic (exact) mass is 373 g/mol. The number of aliphatic hydroxyl groups excluding tert-OH is 1. The van der Waals surface area contributed by atoms with Crippen LogP contribution in [0.15, 0.2) is 103 Å². The molecule has 3 nitrogen and oxygen atoms in total.